The zero-order chi connectivity index (χ0) is 11.4. The molecule has 0 unspecified atom stereocenters. The van der Waals surface area contributed by atoms with E-state index in [1.54, 1.807) is 11.3 Å². The Morgan fingerprint density at radius 2 is 2.50 bits per heavy atom. The SMILES string of the molecule is C#CCNCc1nc(-c2cc(Br)cs2)no1. The van der Waals surface area contributed by atoms with E-state index in [-0.39, 0.29) is 0 Å². The van der Waals surface area contributed by atoms with Crippen LogP contribution in [0, 0.1) is 12.3 Å². The van der Waals surface area contributed by atoms with Crippen LogP contribution in [0.3, 0.4) is 0 Å². The second kappa shape index (κ2) is 5.25. The normalized spacial score (nSPS) is 10.2. The highest BCUT2D eigenvalue weighted by molar-refractivity contribution is 9.10. The molecule has 0 aliphatic heterocycles. The Labute approximate surface area is 105 Å². The fourth-order valence-electron chi connectivity index (χ4n) is 1.10. The van der Waals surface area contributed by atoms with Crippen LogP contribution in [-0.2, 0) is 6.54 Å². The summed E-state index contributed by atoms with van der Waals surface area (Å²) in [4.78, 5) is 5.22. The van der Waals surface area contributed by atoms with Gasteiger partial charge in [-0.2, -0.15) is 4.98 Å². The van der Waals surface area contributed by atoms with Gasteiger partial charge in [0.05, 0.1) is 18.0 Å². The van der Waals surface area contributed by atoms with Gasteiger partial charge in [-0.3, -0.25) is 5.32 Å². The predicted molar refractivity (Wildman–Crippen MR) is 65.9 cm³/mol. The first-order chi connectivity index (χ1) is 7.79. The summed E-state index contributed by atoms with van der Waals surface area (Å²) in [6, 6.07) is 1.95. The van der Waals surface area contributed by atoms with Crippen LogP contribution in [0.1, 0.15) is 5.89 Å². The number of rotatable bonds is 4. The molecule has 0 fully saturated rings. The van der Waals surface area contributed by atoms with Gasteiger partial charge in [0.2, 0.25) is 11.7 Å². The summed E-state index contributed by atoms with van der Waals surface area (Å²) in [5.74, 6) is 3.62. The maximum atomic E-state index is 5.11. The van der Waals surface area contributed by atoms with Crippen LogP contribution in [0.15, 0.2) is 20.4 Å². The van der Waals surface area contributed by atoms with E-state index in [1.807, 2.05) is 11.4 Å². The van der Waals surface area contributed by atoms with Gasteiger partial charge >= 0.3 is 0 Å². The van der Waals surface area contributed by atoms with Crippen molar-refractivity contribution in [1.82, 2.24) is 15.5 Å². The van der Waals surface area contributed by atoms with Crippen LogP contribution < -0.4 is 5.32 Å². The first-order valence-electron chi connectivity index (χ1n) is 4.51. The van der Waals surface area contributed by atoms with E-state index in [9.17, 15) is 0 Å². The molecular weight excluding hydrogens is 290 g/mol. The van der Waals surface area contributed by atoms with E-state index in [2.05, 4.69) is 37.3 Å². The molecular formula is C10H8BrN3OS. The van der Waals surface area contributed by atoms with Crippen molar-refractivity contribution >= 4 is 27.3 Å². The van der Waals surface area contributed by atoms with Gasteiger partial charge in [-0.1, -0.05) is 11.1 Å². The van der Waals surface area contributed by atoms with E-state index in [4.69, 9.17) is 10.9 Å². The molecule has 0 bridgehead atoms. The van der Waals surface area contributed by atoms with Gasteiger partial charge in [0.1, 0.15) is 0 Å². The second-order valence-electron chi connectivity index (χ2n) is 2.95. The van der Waals surface area contributed by atoms with Gasteiger partial charge in [0, 0.05) is 9.85 Å². The van der Waals surface area contributed by atoms with E-state index in [0.29, 0.717) is 24.8 Å². The summed E-state index contributed by atoms with van der Waals surface area (Å²) in [7, 11) is 0. The van der Waals surface area contributed by atoms with Crippen molar-refractivity contribution in [2.24, 2.45) is 0 Å². The number of nitrogens with one attached hydrogen (secondary N) is 1. The number of nitrogens with zero attached hydrogens (tertiary/aromatic N) is 2. The molecule has 6 heteroatoms. The van der Waals surface area contributed by atoms with Crippen molar-refractivity contribution in [2.75, 3.05) is 6.54 Å². The van der Waals surface area contributed by atoms with Crippen LogP contribution in [0.25, 0.3) is 10.7 Å². The summed E-state index contributed by atoms with van der Waals surface area (Å²) in [5.41, 5.74) is 0. The molecule has 0 spiro atoms. The van der Waals surface area contributed by atoms with Crippen LogP contribution in [0.5, 0.6) is 0 Å². The Bertz CT molecular complexity index is 514. The topological polar surface area (TPSA) is 51.0 Å². The van der Waals surface area contributed by atoms with Crippen LogP contribution in [0.4, 0.5) is 0 Å². The van der Waals surface area contributed by atoms with E-state index in [1.165, 1.54) is 0 Å². The molecule has 2 rings (SSSR count). The van der Waals surface area contributed by atoms with Crippen molar-refractivity contribution in [2.45, 2.75) is 6.54 Å². The summed E-state index contributed by atoms with van der Waals surface area (Å²) in [5, 5.41) is 8.85. The minimum atomic E-state index is 0.488. The highest BCUT2D eigenvalue weighted by Gasteiger charge is 2.09. The second-order valence-corrected chi connectivity index (χ2v) is 4.78. The average Bonchev–Trinajstić information content (AvgIpc) is 2.87. The van der Waals surface area contributed by atoms with Gasteiger partial charge < -0.3 is 4.52 Å². The van der Waals surface area contributed by atoms with Crippen LogP contribution in [-0.4, -0.2) is 16.7 Å². The largest absolute Gasteiger partial charge is 0.338 e. The number of hydrogen-bond donors (Lipinski definition) is 1. The molecule has 0 radical (unpaired) electrons. The molecule has 0 saturated heterocycles. The molecule has 16 heavy (non-hydrogen) atoms. The summed E-state index contributed by atoms with van der Waals surface area (Å²) in [6.45, 7) is 0.978. The Morgan fingerprint density at radius 1 is 1.62 bits per heavy atom. The molecule has 2 aromatic heterocycles. The van der Waals surface area contributed by atoms with Crippen LogP contribution in [0.2, 0.25) is 0 Å². The third-order valence-corrected chi connectivity index (χ3v) is 3.45. The summed E-state index contributed by atoms with van der Waals surface area (Å²) < 4.78 is 6.09. The number of hydrogen-bond acceptors (Lipinski definition) is 5. The molecule has 82 valence electrons. The van der Waals surface area contributed by atoms with Gasteiger partial charge in [0.15, 0.2) is 0 Å². The highest BCUT2D eigenvalue weighted by Crippen LogP contribution is 2.27. The fraction of sp³-hybridized carbons (Fsp3) is 0.200. The Balaban J connectivity index is 2.05. The monoisotopic (exact) mass is 297 g/mol. The Kier molecular flexibility index (Phi) is 3.72. The van der Waals surface area contributed by atoms with Crippen molar-refractivity contribution in [3.8, 4) is 23.0 Å². The minimum absolute atomic E-state index is 0.488. The smallest absolute Gasteiger partial charge is 0.240 e. The summed E-state index contributed by atoms with van der Waals surface area (Å²) in [6.07, 6.45) is 5.11. The van der Waals surface area contributed by atoms with Gasteiger partial charge in [0.25, 0.3) is 0 Å². The molecule has 1 N–H and O–H groups in total. The molecule has 2 heterocycles. The zero-order valence-electron chi connectivity index (χ0n) is 8.24. The third kappa shape index (κ3) is 2.70. The van der Waals surface area contributed by atoms with Gasteiger partial charge in [-0.15, -0.1) is 17.8 Å². The van der Waals surface area contributed by atoms with Gasteiger partial charge in [-0.25, -0.2) is 0 Å². The highest BCUT2D eigenvalue weighted by atomic mass is 79.9. The predicted octanol–water partition coefficient (Wildman–Crippen LogP) is 2.28. The number of terminal acetylenes is 1. The molecule has 2 aromatic rings. The maximum absolute atomic E-state index is 5.11. The van der Waals surface area contributed by atoms with E-state index < -0.39 is 0 Å². The van der Waals surface area contributed by atoms with Crippen molar-refractivity contribution < 1.29 is 4.52 Å². The number of thiophene rings is 1. The molecule has 0 saturated carbocycles. The van der Waals surface area contributed by atoms with Crippen molar-refractivity contribution in [3.05, 3.63) is 21.8 Å². The molecule has 0 atom stereocenters. The van der Waals surface area contributed by atoms with Crippen molar-refractivity contribution in [1.29, 1.82) is 0 Å². The molecule has 0 aromatic carbocycles. The third-order valence-electron chi connectivity index (χ3n) is 1.76. The number of halogens is 1. The lowest BCUT2D eigenvalue weighted by atomic mass is 10.4. The minimum Gasteiger partial charge on any atom is -0.338 e. The first-order valence-corrected chi connectivity index (χ1v) is 6.18. The molecule has 0 aliphatic carbocycles. The van der Waals surface area contributed by atoms with Crippen molar-refractivity contribution in [3.63, 3.8) is 0 Å². The average molecular weight is 298 g/mol. The quantitative estimate of drug-likeness (QED) is 0.695. The first kappa shape index (κ1) is 11.3. The lowest BCUT2D eigenvalue weighted by molar-refractivity contribution is 0.371. The van der Waals surface area contributed by atoms with Crippen LogP contribution >= 0.6 is 27.3 Å². The Morgan fingerprint density at radius 3 is 3.19 bits per heavy atom. The maximum Gasteiger partial charge on any atom is 0.240 e. The molecule has 0 amide bonds. The van der Waals surface area contributed by atoms with E-state index >= 15 is 0 Å². The summed E-state index contributed by atoms with van der Waals surface area (Å²) >= 11 is 4.94. The standard InChI is InChI=1S/C10H8BrN3OS/c1-2-3-12-5-9-13-10(14-15-9)8-4-7(11)6-16-8/h1,4,6,12H,3,5H2. The lowest BCUT2D eigenvalue weighted by Gasteiger charge is -1.91. The Hall–Kier alpha value is -1.16. The lowest BCUT2D eigenvalue weighted by Crippen LogP contribution is -2.13. The van der Waals surface area contributed by atoms with E-state index in [0.717, 1.165) is 9.35 Å². The molecule has 0 aliphatic rings. The zero-order valence-corrected chi connectivity index (χ0v) is 10.6. The van der Waals surface area contributed by atoms with Gasteiger partial charge in [-0.05, 0) is 22.0 Å². The molecule has 4 nitrogen and oxygen atoms in total. The fourth-order valence-corrected chi connectivity index (χ4v) is 2.45. The number of aromatic nitrogens is 2.